The van der Waals surface area contributed by atoms with Gasteiger partial charge < -0.3 is 10.3 Å². The van der Waals surface area contributed by atoms with E-state index in [1.54, 1.807) is 12.4 Å². The highest BCUT2D eigenvalue weighted by atomic mass is 16.1. The molecule has 2 N–H and O–H groups in total. The van der Waals surface area contributed by atoms with Crippen LogP contribution in [0.15, 0.2) is 54.9 Å². The third kappa shape index (κ3) is 2.65. The largest absolute Gasteiger partial charge is 0.347 e. The first-order valence-corrected chi connectivity index (χ1v) is 7.07. The van der Waals surface area contributed by atoms with Gasteiger partial charge in [-0.1, -0.05) is 43.3 Å². The van der Waals surface area contributed by atoms with Crippen molar-refractivity contribution in [2.45, 2.75) is 19.4 Å². The number of hydrogen-bond acceptors (Lipinski definition) is 2. The molecule has 1 atom stereocenters. The molecule has 0 saturated heterocycles. The molecule has 0 bridgehead atoms. The van der Waals surface area contributed by atoms with E-state index in [-0.39, 0.29) is 11.9 Å². The minimum Gasteiger partial charge on any atom is -0.347 e. The number of hydrogen-bond donors (Lipinski definition) is 2. The SMILES string of the molecule is CCC(NC(=O)c1cccc2ccccc12)c1ncc[nH]1. The zero-order valence-electron chi connectivity index (χ0n) is 11.8. The van der Waals surface area contributed by atoms with Crippen molar-refractivity contribution in [2.75, 3.05) is 0 Å². The van der Waals surface area contributed by atoms with E-state index in [2.05, 4.69) is 15.3 Å². The lowest BCUT2D eigenvalue weighted by molar-refractivity contribution is 0.0935. The Bertz CT molecular complexity index is 744. The number of aromatic amines is 1. The van der Waals surface area contributed by atoms with Crippen LogP contribution in [-0.2, 0) is 0 Å². The van der Waals surface area contributed by atoms with Crippen molar-refractivity contribution in [3.63, 3.8) is 0 Å². The van der Waals surface area contributed by atoms with Gasteiger partial charge in [0.1, 0.15) is 5.82 Å². The molecule has 0 fully saturated rings. The van der Waals surface area contributed by atoms with E-state index in [9.17, 15) is 4.79 Å². The number of imidazole rings is 1. The lowest BCUT2D eigenvalue weighted by atomic mass is 10.0. The molecule has 21 heavy (non-hydrogen) atoms. The number of fused-ring (bicyclic) bond motifs is 1. The number of aromatic nitrogens is 2. The Morgan fingerprint density at radius 3 is 2.81 bits per heavy atom. The second-order valence-electron chi connectivity index (χ2n) is 4.94. The van der Waals surface area contributed by atoms with E-state index in [0.717, 1.165) is 23.0 Å². The van der Waals surface area contributed by atoms with Crippen molar-refractivity contribution >= 4 is 16.7 Å². The van der Waals surface area contributed by atoms with E-state index >= 15 is 0 Å². The molecule has 0 saturated carbocycles. The molecule has 1 heterocycles. The van der Waals surface area contributed by atoms with Gasteiger partial charge in [-0.15, -0.1) is 0 Å². The molecule has 4 heteroatoms. The average Bonchev–Trinajstić information content (AvgIpc) is 3.06. The molecule has 0 aliphatic heterocycles. The molecule has 0 aliphatic rings. The van der Waals surface area contributed by atoms with Crippen LogP contribution >= 0.6 is 0 Å². The van der Waals surface area contributed by atoms with Crippen molar-refractivity contribution in [1.29, 1.82) is 0 Å². The Morgan fingerprint density at radius 1 is 1.24 bits per heavy atom. The molecule has 4 nitrogen and oxygen atoms in total. The Balaban J connectivity index is 1.90. The van der Waals surface area contributed by atoms with Crippen LogP contribution in [0, 0.1) is 0 Å². The van der Waals surface area contributed by atoms with Crippen molar-refractivity contribution in [1.82, 2.24) is 15.3 Å². The summed E-state index contributed by atoms with van der Waals surface area (Å²) in [5.41, 5.74) is 0.693. The van der Waals surface area contributed by atoms with Crippen molar-refractivity contribution in [3.05, 3.63) is 66.2 Å². The number of carbonyl (C=O) groups excluding carboxylic acids is 1. The summed E-state index contributed by atoms with van der Waals surface area (Å²) in [5.74, 6) is 0.709. The fraction of sp³-hybridized carbons (Fsp3) is 0.176. The van der Waals surface area contributed by atoms with Crippen LogP contribution < -0.4 is 5.32 Å². The number of carbonyl (C=O) groups is 1. The molecule has 0 aliphatic carbocycles. The smallest absolute Gasteiger partial charge is 0.252 e. The van der Waals surface area contributed by atoms with Gasteiger partial charge in [-0.05, 0) is 23.3 Å². The lowest BCUT2D eigenvalue weighted by Crippen LogP contribution is -2.29. The molecule has 0 radical (unpaired) electrons. The van der Waals surface area contributed by atoms with E-state index in [0.29, 0.717) is 5.56 Å². The van der Waals surface area contributed by atoms with Gasteiger partial charge in [0, 0.05) is 18.0 Å². The second-order valence-corrected chi connectivity index (χ2v) is 4.94. The quantitative estimate of drug-likeness (QED) is 0.768. The summed E-state index contributed by atoms with van der Waals surface area (Å²) in [4.78, 5) is 19.9. The van der Waals surface area contributed by atoms with Gasteiger partial charge in [-0.2, -0.15) is 0 Å². The predicted octanol–water partition coefficient (Wildman–Crippen LogP) is 3.44. The zero-order valence-corrected chi connectivity index (χ0v) is 11.8. The molecule has 1 amide bonds. The van der Waals surface area contributed by atoms with Crippen molar-refractivity contribution in [3.8, 4) is 0 Å². The molecule has 1 aromatic heterocycles. The zero-order chi connectivity index (χ0) is 14.7. The third-order valence-corrected chi connectivity index (χ3v) is 3.60. The third-order valence-electron chi connectivity index (χ3n) is 3.60. The van der Waals surface area contributed by atoms with Gasteiger partial charge >= 0.3 is 0 Å². The van der Waals surface area contributed by atoms with Crippen LogP contribution in [0.4, 0.5) is 0 Å². The minimum absolute atomic E-state index is 0.0740. The molecule has 1 unspecified atom stereocenters. The van der Waals surface area contributed by atoms with Gasteiger partial charge in [-0.25, -0.2) is 4.98 Å². The Morgan fingerprint density at radius 2 is 2.05 bits per heavy atom. The first kappa shape index (κ1) is 13.4. The van der Waals surface area contributed by atoms with Gasteiger partial charge in [0.2, 0.25) is 0 Å². The summed E-state index contributed by atoms with van der Waals surface area (Å²) < 4.78 is 0. The van der Waals surface area contributed by atoms with Crippen LogP contribution in [0.1, 0.15) is 35.6 Å². The number of H-pyrrole nitrogens is 1. The Kier molecular flexibility index (Phi) is 3.69. The number of benzene rings is 2. The van der Waals surface area contributed by atoms with Gasteiger partial charge in [0.25, 0.3) is 5.91 Å². The topological polar surface area (TPSA) is 57.8 Å². The van der Waals surface area contributed by atoms with Gasteiger partial charge in [-0.3, -0.25) is 4.79 Å². The van der Waals surface area contributed by atoms with Crippen LogP contribution in [0.3, 0.4) is 0 Å². The highest BCUT2D eigenvalue weighted by Crippen LogP contribution is 2.20. The van der Waals surface area contributed by atoms with Gasteiger partial charge in [0.15, 0.2) is 0 Å². The standard InChI is InChI=1S/C17H17N3O/c1-2-15(16-18-10-11-19-16)20-17(21)14-9-5-7-12-6-3-4-8-13(12)14/h3-11,15H,2H2,1H3,(H,18,19)(H,20,21). The summed E-state index contributed by atoms with van der Waals surface area (Å²) in [5, 5.41) is 5.08. The molecule has 3 rings (SSSR count). The normalized spacial score (nSPS) is 12.2. The second kappa shape index (κ2) is 5.79. The Hall–Kier alpha value is -2.62. The molecule has 3 aromatic rings. The van der Waals surface area contributed by atoms with E-state index < -0.39 is 0 Å². The van der Waals surface area contributed by atoms with E-state index in [4.69, 9.17) is 0 Å². The number of rotatable bonds is 4. The average molecular weight is 279 g/mol. The highest BCUT2D eigenvalue weighted by Gasteiger charge is 2.17. The summed E-state index contributed by atoms with van der Waals surface area (Å²) in [6.07, 6.45) is 4.24. The highest BCUT2D eigenvalue weighted by molar-refractivity contribution is 6.07. The maximum atomic E-state index is 12.6. The first-order chi connectivity index (χ1) is 10.3. The fourth-order valence-electron chi connectivity index (χ4n) is 2.49. The molecular weight excluding hydrogens is 262 g/mol. The molecule has 0 spiro atoms. The predicted molar refractivity (Wildman–Crippen MR) is 83.0 cm³/mol. The monoisotopic (exact) mass is 279 g/mol. The number of nitrogens with one attached hydrogen (secondary N) is 2. The lowest BCUT2D eigenvalue weighted by Gasteiger charge is -2.15. The number of amides is 1. The van der Waals surface area contributed by atoms with Gasteiger partial charge in [0.05, 0.1) is 6.04 Å². The van der Waals surface area contributed by atoms with Crippen molar-refractivity contribution in [2.24, 2.45) is 0 Å². The maximum absolute atomic E-state index is 12.6. The molecular formula is C17H17N3O. The number of nitrogens with zero attached hydrogens (tertiary/aromatic N) is 1. The van der Waals surface area contributed by atoms with Crippen LogP contribution in [0.2, 0.25) is 0 Å². The Labute approximate surface area is 123 Å². The van der Waals surface area contributed by atoms with E-state index in [1.807, 2.05) is 49.4 Å². The maximum Gasteiger partial charge on any atom is 0.252 e. The molecule has 106 valence electrons. The molecule has 2 aromatic carbocycles. The fourth-order valence-corrected chi connectivity index (χ4v) is 2.49. The van der Waals surface area contributed by atoms with Crippen LogP contribution in [0.25, 0.3) is 10.8 Å². The summed E-state index contributed by atoms with van der Waals surface area (Å²) in [6.45, 7) is 2.02. The summed E-state index contributed by atoms with van der Waals surface area (Å²) >= 11 is 0. The first-order valence-electron chi connectivity index (χ1n) is 7.07. The summed E-state index contributed by atoms with van der Waals surface area (Å²) in [6, 6.07) is 13.6. The van der Waals surface area contributed by atoms with Crippen LogP contribution in [-0.4, -0.2) is 15.9 Å². The van der Waals surface area contributed by atoms with Crippen molar-refractivity contribution < 1.29 is 4.79 Å². The van der Waals surface area contributed by atoms with E-state index in [1.165, 1.54) is 0 Å². The minimum atomic E-state index is -0.105. The summed E-state index contributed by atoms with van der Waals surface area (Å²) in [7, 11) is 0. The van der Waals surface area contributed by atoms with Crippen LogP contribution in [0.5, 0.6) is 0 Å².